The van der Waals surface area contributed by atoms with Gasteiger partial charge in [0.1, 0.15) is 13.2 Å². The lowest BCUT2D eigenvalue weighted by Crippen LogP contribution is -2.44. The lowest BCUT2D eigenvalue weighted by atomic mass is 10.0. The number of likely N-dealkylation sites (tertiary alicyclic amines) is 1. The molecule has 2 aromatic carbocycles. The minimum Gasteiger partial charge on any atom is -0.486 e. The van der Waals surface area contributed by atoms with Gasteiger partial charge in [-0.05, 0) is 74.9 Å². The number of ketones is 1. The second-order valence-corrected chi connectivity index (χ2v) is 9.99. The van der Waals surface area contributed by atoms with E-state index in [-0.39, 0.29) is 17.7 Å². The summed E-state index contributed by atoms with van der Waals surface area (Å²) in [6.07, 6.45) is 7.73. The second kappa shape index (κ2) is 13.4. The molecule has 1 amide bonds. The van der Waals surface area contributed by atoms with Crippen LogP contribution in [0.3, 0.4) is 0 Å². The third kappa shape index (κ3) is 7.82. The molecule has 0 radical (unpaired) electrons. The van der Waals surface area contributed by atoms with Crippen LogP contribution in [0.1, 0.15) is 73.4 Å². The molecule has 2 aliphatic rings. The van der Waals surface area contributed by atoms with Crippen LogP contribution >= 0.6 is 0 Å². The lowest BCUT2D eigenvalue weighted by molar-refractivity contribution is -0.122. The van der Waals surface area contributed by atoms with Crippen LogP contribution in [0.25, 0.3) is 0 Å². The average Bonchev–Trinajstić information content (AvgIpc) is 3.41. The number of fused-ring (bicyclic) bond motifs is 1. The monoisotopic (exact) mass is 492 g/mol. The van der Waals surface area contributed by atoms with Crippen molar-refractivity contribution in [1.29, 1.82) is 0 Å². The van der Waals surface area contributed by atoms with Gasteiger partial charge in [0, 0.05) is 31.0 Å². The highest BCUT2D eigenvalue weighted by Crippen LogP contribution is 2.31. The van der Waals surface area contributed by atoms with Crippen LogP contribution in [0.2, 0.25) is 0 Å². The molecule has 2 aliphatic heterocycles. The van der Waals surface area contributed by atoms with Gasteiger partial charge in [-0.1, -0.05) is 43.7 Å². The average molecular weight is 493 g/mol. The highest BCUT2D eigenvalue weighted by Gasteiger charge is 2.21. The minimum absolute atomic E-state index is 0.0610. The highest BCUT2D eigenvalue weighted by atomic mass is 16.6. The summed E-state index contributed by atoms with van der Waals surface area (Å²) >= 11 is 0. The number of hydrogen-bond donors (Lipinski definition) is 1. The van der Waals surface area contributed by atoms with Crippen molar-refractivity contribution in [3.05, 3.63) is 59.2 Å². The van der Waals surface area contributed by atoms with Gasteiger partial charge in [0.2, 0.25) is 5.91 Å². The first-order chi connectivity index (χ1) is 17.6. The van der Waals surface area contributed by atoms with Gasteiger partial charge in [-0.2, -0.15) is 0 Å². The molecule has 1 saturated heterocycles. The van der Waals surface area contributed by atoms with Gasteiger partial charge in [0.25, 0.3) is 0 Å². The fourth-order valence-electron chi connectivity index (χ4n) is 5.06. The zero-order valence-electron chi connectivity index (χ0n) is 21.6. The maximum atomic E-state index is 12.8. The summed E-state index contributed by atoms with van der Waals surface area (Å²) in [7, 11) is 0. The molecule has 1 atom stereocenters. The number of aryl methyl sites for hydroxylation is 1. The molecule has 6 heteroatoms. The molecule has 4 rings (SSSR count). The van der Waals surface area contributed by atoms with Gasteiger partial charge in [0.15, 0.2) is 17.3 Å². The first-order valence-electron chi connectivity index (χ1n) is 13.6. The quantitative estimate of drug-likeness (QED) is 0.316. The van der Waals surface area contributed by atoms with E-state index in [0.29, 0.717) is 26.1 Å². The Bertz CT molecular complexity index is 999. The number of benzene rings is 2. The van der Waals surface area contributed by atoms with Gasteiger partial charge >= 0.3 is 0 Å². The summed E-state index contributed by atoms with van der Waals surface area (Å²) < 4.78 is 11.4. The molecule has 1 fully saturated rings. The van der Waals surface area contributed by atoms with E-state index >= 15 is 0 Å². The number of hydrogen-bond acceptors (Lipinski definition) is 5. The summed E-state index contributed by atoms with van der Waals surface area (Å²) in [6.45, 7) is 6.33. The van der Waals surface area contributed by atoms with Crippen molar-refractivity contribution < 1.29 is 19.1 Å². The van der Waals surface area contributed by atoms with Crippen molar-refractivity contribution in [2.24, 2.45) is 0 Å². The molecule has 1 N–H and O–H groups in total. The molecule has 0 bridgehead atoms. The number of unbranched alkanes of at least 4 members (excludes halogenated alkanes) is 2. The van der Waals surface area contributed by atoms with Crippen LogP contribution in [0.15, 0.2) is 42.5 Å². The zero-order valence-corrected chi connectivity index (χ0v) is 21.6. The van der Waals surface area contributed by atoms with E-state index in [2.05, 4.69) is 23.2 Å². The maximum absolute atomic E-state index is 12.8. The fourth-order valence-corrected chi connectivity index (χ4v) is 5.06. The van der Waals surface area contributed by atoms with Crippen molar-refractivity contribution in [3.63, 3.8) is 0 Å². The van der Waals surface area contributed by atoms with Gasteiger partial charge in [0.05, 0.1) is 0 Å². The number of ether oxygens (including phenoxy) is 2. The van der Waals surface area contributed by atoms with Crippen molar-refractivity contribution in [1.82, 2.24) is 10.2 Å². The summed E-state index contributed by atoms with van der Waals surface area (Å²) in [4.78, 5) is 27.6. The van der Waals surface area contributed by atoms with Crippen molar-refractivity contribution >= 4 is 11.7 Å². The molecule has 36 heavy (non-hydrogen) atoms. The predicted octanol–water partition coefficient (Wildman–Crippen LogP) is 4.98. The van der Waals surface area contributed by atoms with Crippen LogP contribution in [-0.2, 0) is 17.6 Å². The van der Waals surface area contributed by atoms with Gasteiger partial charge in [-0.25, -0.2) is 0 Å². The fraction of sp³-hybridized carbons (Fsp3) is 0.533. The number of nitrogens with zero attached hydrogens (tertiary/aromatic N) is 1. The molecule has 0 saturated carbocycles. The molecule has 0 aliphatic carbocycles. The normalized spacial score (nSPS) is 16.0. The number of carbonyl (C=O) groups excluding carboxylic acids is 2. The van der Waals surface area contributed by atoms with Crippen molar-refractivity contribution in [3.8, 4) is 11.5 Å². The number of nitrogens with one attached hydrogen (secondary N) is 1. The van der Waals surface area contributed by atoms with Crippen LogP contribution in [0, 0.1) is 0 Å². The molecular weight excluding hydrogens is 452 g/mol. The molecule has 0 spiro atoms. The van der Waals surface area contributed by atoms with E-state index in [4.69, 9.17) is 9.47 Å². The van der Waals surface area contributed by atoms with E-state index in [0.717, 1.165) is 74.4 Å². The Balaban J connectivity index is 1.22. The largest absolute Gasteiger partial charge is 0.486 e. The zero-order chi connectivity index (χ0) is 25.2. The van der Waals surface area contributed by atoms with Crippen LogP contribution < -0.4 is 14.8 Å². The maximum Gasteiger partial charge on any atom is 0.220 e. The molecule has 6 nitrogen and oxygen atoms in total. The Hall–Kier alpha value is -2.86. The Morgan fingerprint density at radius 3 is 2.33 bits per heavy atom. The second-order valence-electron chi connectivity index (χ2n) is 9.99. The number of rotatable bonds is 13. The summed E-state index contributed by atoms with van der Waals surface area (Å²) in [5.74, 6) is 1.87. The van der Waals surface area contributed by atoms with Crippen molar-refractivity contribution in [2.45, 2.75) is 70.8 Å². The van der Waals surface area contributed by atoms with Crippen molar-refractivity contribution in [2.75, 3.05) is 32.8 Å². The summed E-state index contributed by atoms with van der Waals surface area (Å²) in [5.41, 5.74) is 3.18. The van der Waals surface area contributed by atoms with E-state index in [1.807, 2.05) is 36.4 Å². The van der Waals surface area contributed by atoms with E-state index in [9.17, 15) is 9.59 Å². The van der Waals surface area contributed by atoms with Gasteiger partial charge in [-0.15, -0.1) is 0 Å². The topological polar surface area (TPSA) is 67.9 Å². The summed E-state index contributed by atoms with van der Waals surface area (Å²) in [5, 5.41) is 3.29. The molecule has 2 heterocycles. The van der Waals surface area contributed by atoms with Crippen LogP contribution in [0.5, 0.6) is 11.5 Å². The standard InChI is InChI=1S/C30H40N2O4/c1-2-23-10-13-25(14-11-23)27(33)8-4-3-5-9-30(34)31-26(22-32-16-6-7-17-32)20-24-12-15-28-29(21-24)36-19-18-35-28/h10-15,21,26H,2-9,16-20,22H2,1H3,(H,31,34)/t26-/m0/s1. The predicted molar refractivity (Wildman–Crippen MR) is 142 cm³/mol. The molecule has 194 valence electrons. The Morgan fingerprint density at radius 2 is 1.58 bits per heavy atom. The molecule has 2 aromatic rings. The third-order valence-electron chi connectivity index (χ3n) is 7.12. The Morgan fingerprint density at radius 1 is 0.889 bits per heavy atom. The summed E-state index contributed by atoms with van der Waals surface area (Å²) in [6, 6.07) is 14.1. The van der Waals surface area contributed by atoms with E-state index in [1.54, 1.807) is 0 Å². The first-order valence-corrected chi connectivity index (χ1v) is 13.6. The Labute approximate surface area is 215 Å². The Kier molecular flexibility index (Phi) is 9.79. The van der Waals surface area contributed by atoms with Gasteiger partial charge < -0.3 is 19.7 Å². The van der Waals surface area contributed by atoms with Crippen LogP contribution in [0.4, 0.5) is 0 Å². The highest BCUT2D eigenvalue weighted by molar-refractivity contribution is 5.96. The number of carbonyl (C=O) groups is 2. The molecule has 0 unspecified atom stereocenters. The van der Waals surface area contributed by atoms with Crippen LogP contribution in [-0.4, -0.2) is 55.5 Å². The number of amides is 1. The molecule has 0 aromatic heterocycles. The minimum atomic E-state index is 0.0610. The SMILES string of the molecule is CCc1ccc(C(=O)CCCCCC(=O)N[C@@H](Cc2ccc3c(c2)OCCO3)CN2CCCC2)cc1. The number of Topliss-reactive ketones (excluding diaryl/α,β-unsaturated/α-hetero) is 1. The third-order valence-corrected chi connectivity index (χ3v) is 7.12. The van der Waals surface area contributed by atoms with E-state index < -0.39 is 0 Å². The lowest BCUT2D eigenvalue weighted by Gasteiger charge is -2.25. The smallest absolute Gasteiger partial charge is 0.220 e. The van der Waals surface area contributed by atoms with E-state index in [1.165, 1.54) is 18.4 Å². The van der Waals surface area contributed by atoms with Gasteiger partial charge in [-0.3, -0.25) is 9.59 Å². The molecular formula is C30H40N2O4. The first kappa shape index (κ1) is 26.2.